The van der Waals surface area contributed by atoms with E-state index < -0.39 is 49.5 Å². The Kier molecular flexibility index (Phi) is 57.0. The Balaban J connectivity index is 2.08. The van der Waals surface area contributed by atoms with E-state index in [1.165, 1.54) is 218 Å². The highest BCUT2D eigenvalue weighted by Gasteiger charge is 2.44. The predicted octanol–water partition coefficient (Wildman–Crippen LogP) is 18.5. The average Bonchev–Trinajstić information content (AvgIpc) is 3.48. The first-order chi connectivity index (χ1) is 39.8. The van der Waals surface area contributed by atoms with E-state index in [2.05, 4.69) is 92.1 Å². The third-order valence-electron chi connectivity index (χ3n) is 15.9. The molecule has 1 rings (SSSR count). The van der Waals surface area contributed by atoms with Gasteiger partial charge < -0.3 is 40.3 Å². The third kappa shape index (κ3) is 49.4. The van der Waals surface area contributed by atoms with Gasteiger partial charge in [0, 0.05) is 6.42 Å². The minimum Gasteiger partial charge on any atom is -0.394 e. The van der Waals surface area contributed by atoms with E-state index in [1.54, 1.807) is 6.08 Å². The van der Waals surface area contributed by atoms with Crippen molar-refractivity contribution in [3.05, 3.63) is 85.1 Å². The number of hydrogen-bond donors (Lipinski definition) is 6. The molecule has 0 aromatic heterocycles. The van der Waals surface area contributed by atoms with Gasteiger partial charge >= 0.3 is 0 Å². The normalized spacial score (nSPS) is 18.9. The molecule has 1 fully saturated rings. The van der Waals surface area contributed by atoms with Crippen LogP contribution in [-0.4, -0.2) is 87.5 Å². The van der Waals surface area contributed by atoms with Crippen LogP contribution in [0.5, 0.6) is 0 Å². The highest BCUT2D eigenvalue weighted by Crippen LogP contribution is 2.23. The molecule has 9 heteroatoms. The summed E-state index contributed by atoms with van der Waals surface area (Å²) in [4.78, 5) is 13.1. The number of aliphatic hydroxyl groups excluding tert-OH is 5. The molecule has 7 atom stereocenters. The molecule has 81 heavy (non-hydrogen) atoms. The summed E-state index contributed by atoms with van der Waals surface area (Å²) in [6.07, 6.45) is 79.8. The monoisotopic (exact) mass is 1140 g/mol. The summed E-state index contributed by atoms with van der Waals surface area (Å²) in [6.45, 7) is 3.67. The van der Waals surface area contributed by atoms with Crippen LogP contribution in [0.25, 0.3) is 0 Å². The second-order valence-electron chi connectivity index (χ2n) is 23.6. The lowest BCUT2D eigenvalue weighted by Gasteiger charge is -2.40. The van der Waals surface area contributed by atoms with Crippen molar-refractivity contribution in [3.63, 3.8) is 0 Å². The van der Waals surface area contributed by atoms with E-state index in [-0.39, 0.29) is 12.5 Å². The summed E-state index contributed by atoms with van der Waals surface area (Å²) < 4.78 is 11.3. The van der Waals surface area contributed by atoms with Gasteiger partial charge in [0.25, 0.3) is 0 Å². The minimum absolute atomic E-state index is 0.187. The fourth-order valence-electron chi connectivity index (χ4n) is 10.6. The van der Waals surface area contributed by atoms with Gasteiger partial charge in [-0.25, -0.2) is 0 Å². The first kappa shape index (κ1) is 76.4. The van der Waals surface area contributed by atoms with Crippen LogP contribution in [0, 0.1) is 0 Å². The molecule has 9 nitrogen and oxygen atoms in total. The van der Waals surface area contributed by atoms with Crippen molar-refractivity contribution in [1.29, 1.82) is 0 Å². The number of hydrogen-bond acceptors (Lipinski definition) is 8. The summed E-state index contributed by atoms with van der Waals surface area (Å²) in [5, 5.41) is 54.6. The van der Waals surface area contributed by atoms with E-state index in [1.807, 2.05) is 6.08 Å². The number of unbranched alkanes of at least 4 members (excludes halogenated alkanes) is 37. The third-order valence-corrected chi connectivity index (χ3v) is 15.9. The van der Waals surface area contributed by atoms with E-state index in [0.717, 1.165) is 70.6 Å². The highest BCUT2D eigenvalue weighted by molar-refractivity contribution is 5.76. The lowest BCUT2D eigenvalue weighted by molar-refractivity contribution is -0.302. The maximum absolute atomic E-state index is 13.1. The summed E-state index contributed by atoms with van der Waals surface area (Å²) in [7, 11) is 0. The van der Waals surface area contributed by atoms with Crippen molar-refractivity contribution in [2.45, 2.75) is 352 Å². The summed E-state index contributed by atoms with van der Waals surface area (Å²) in [5.74, 6) is -0.187. The van der Waals surface area contributed by atoms with Crippen molar-refractivity contribution in [2.75, 3.05) is 13.2 Å². The molecule has 1 aliphatic heterocycles. The Labute approximate surface area is 499 Å². The van der Waals surface area contributed by atoms with Crippen LogP contribution < -0.4 is 5.32 Å². The van der Waals surface area contributed by atoms with Crippen LogP contribution in [0.3, 0.4) is 0 Å². The first-order valence-electron chi connectivity index (χ1n) is 34.3. The molecule has 0 aliphatic carbocycles. The van der Waals surface area contributed by atoms with E-state index in [0.29, 0.717) is 6.42 Å². The first-order valence-corrected chi connectivity index (χ1v) is 34.3. The number of carbonyl (C=O) groups excluding carboxylic acids is 1. The molecular weight excluding hydrogens is 1010 g/mol. The molecule has 1 aliphatic rings. The number of aliphatic hydroxyl groups is 5. The quantitative estimate of drug-likeness (QED) is 0.0261. The summed E-state index contributed by atoms with van der Waals surface area (Å²) >= 11 is 0. The van der Waals surface area contributed by atoms with Gasteiger partial charge in [0.05, 0.1) is 25.4 Å². The number of allylic oxidation sites excluding steroid dienone is 13. The van der Waals surface area contributed by atoms with Crippen molar-refractivity contribution in [2.24, 2.45) is 0 Å². The fourth-order valence-corrected chi connectivity index (χ4v) is 10.6. The SMILES string of the molecule is CC/C=C\C/C=C\C/C=C\C/C=C\CCCCCCCCCCCCCCCCCCCCCCCCCCCCC(=O)NC(COC1OC(CO)C(O)C(O)C1O)C(O)/C=C/CC/C=C/CC/C=C/CCCCCCCCCCC. The van der Waals surface area contributed by atoms with E-state index >= 15 is 0 Å². The van der Waals surface area contributed by atoms with Gasteiger partial charge in [-0.15, -0.1) is 0 Å². The van der Waals surface area contributed by atoms with Gasteiger partial charge in [-0.3, -0.25) is 4.79 Å². The smallest absolute Gasteiger partial charge is 0.220 e. The molecule has 1 heterocycles. The van der Waals surface area contributed by atoms with E-state index in [9.17, 15) is 30.3 Å². The molecule has 0 saturated carbocycles. The molecule has 1 amide bonds. The topological polar surface area (TPSA) is 149 Å². The molecule has 6 N–H and O–H groups in total. The van der Waals surface area contributed by atoms with E-state index in [4.69, 9.17) is 9.47 Å². The lowest BCUT2D eigenvalue weighted by atomic mass is 9.99. The second kappa shape index (κ2) is 60.5. The molecule has 7 unspecified atom stereocenters. The Morgan fingerprint density at radius 2 is 0.778 bits per heavy atom. The molecule has 0 aromatic carbocycles. The molecular formula is C72H129NO8. The second-order valence-corrected chi connectivity index (χ2v) is 23.6. The summed E-state index contributed by atoms with van der Waals surface area (Å²) in [6, 6.07) is -0.830. The Hall–Kier alpha value is -2.63. The predicted molar refractivity (Wildman–Crippen MR) is 345 cm³/mol. The Morgan fingerprint density at radius 1 is 0.432 bits per heavy atom. The Bertz CT molecular complexity index is 1550. The zero-order valence-electron chi connectivity index (χ0n) is 52.5. The van der Waals surface area contributed by atoms with Crippen LogP contribution in [0.1, 0.15) is 309 Å². The zero-order chi connectivity index (χ0) is 58.6. The number of amides is 1. The number of carbonyl (C=O) groups is 1. The Morgan fingerprint density at radius 3 is 1.19 bits per heavy atom. The van der Waals surface area contributed by atoms with Crippen molar-refractivity contribution < 1.29 is 39.8 Å². The van der Waals surface area contributed by atoms with Crippen LogP contribution in [0.2, 0.25) is 0 Å². The van der Waals surface area contributed by atoms with Crippen LogP contribution in [0.4, 0.5) is 0 Å². The van der Waals surface area contributed by atoms with Gasteiger partial charge in [-0.05, 0) is 83.5 Å². The van der Waals surface area contributed by atoms with Crippen molar-refractivity contribution >= 4 is 5.91 Å². The minimum atomic E-state index is -1.58. The highest BCUT2D eigenvalue weighted by atomic mass is 16.7. The molecule has 0 radical (unpaired) electrons. The molecule has 0 aromatic rings. The average molecular weight is 1140 g/mol. The largest absolute Gasteiger partial charge is 0.394 e. The van der Waals surface area contributed by atoms with Gasteiger partial charge in [0.15, 0.2) is 6.29 Å². The van der Waals surface area contributed by atoms with Gasteiger partial charge in [-0.2, -0.15) is 0 Å². The molecule has 0 bridgehead atoms. The van der Waals surface area contributed by atoms with Gasteiger partial charge in [0.2, 0.25) is 5.91 Å². The summed E-state index contributed by atoms with van der Waals surface area (Å²) in [5.41, 5.74) is 0. The van der Waals surface area contributed by atoms with Crippen molar-refractivity contribution in [3.8, 4) is 0 Å². The van der Waals surface area contributed by atoms with Crippen LogP contribution >= 0.6 is 0 Å². The maximum atomic E-state index is 13.1. The lowest BCUT2D eigenvalue weighted by Crippen LogP contribution is -2.60. The zero-order valence-corrected chi connectivity index (χ0v) is 52.5. The standard InChI is InChI=1S/C72H129NO8/c1-3-5-7-9-11-13-15-17-19-21-23-24-25-26-27-28-29-30-31-32-33-34-35-36-37-38-39-40-41-42-44-46-48-50-52-54-56-58-60-62-68(76)73-65(64-80-72-71(79)70(78)69(77)67(63-74)81-72)66(75)61-59-57-55-53-51-49-47-45-43-22-20-18-16-14-12-10-8-6-4-2/h5,7,11,13,17,19,23-24,43,45,51,53,59,61,65-67,69-72,74-75,77-79H,3-4,6,8-10,12,14-16,18,20-22,25-42,44,46-50,52,54-58,60,62-64H2,1-2H3,(H,73,76)/b7-5-,13-11-,19-17-,24-23-,45-43+,53-51+,61-59+. The number of rotatable bonds is 59. The van der Waals surface area contributed by atoms with Crippen LogP contribution in [0.15, 0.2) is 85.1 Å². The maximum Gasteiger partial charge on any atom is 0.220 e. The number of nitrogens with one attached hydrogen (secondary N) is 1. The number of ether oxygens (including phenoxy) is 2. The molecule has 0 spiro atoms. The van der Waals surface area contributed by atoms with Gasteiger partial charge in [0.1, 0.15) is 24.4 Å². The van der Waals surface area contributed by atoms with Gasteiger partial charge in [-0.1, -0.05) is 304 Å². The van der Waals surface area contributed by atoms with Crippen LogP contribution in [-0.2, 0) is 14.3 Å². The van der Waals surface area contributed by atoms with Crippen molar-refractivity contribution in [1.82, 2.24) is 5.32 Å². The molecule has 1 saturated heterocycles. The fraction of sp³-hybridized carbons (Fsp3) is 0.792. The molecule has 470 valence electrons.